The number of rotatable bonds is 2. The summed E-state index contributed by atoms with van der Waals surface area (Å²) in [6.45, 7) is 1.77. The molecule has 2 rings (SSSR count). The van der Waals surface area contributed by atoms with Crippen LogP contribution in [0.4, 0.5) is 0 Å². The van der Waals surface area contributed by atoms with Crippen LogP contribution in [0, 0.1) is 12.3 Å². The van der Waals surface area contributed by atoms with Gasteiger partial charge >= 0.3 is 0 Å². The number of hydrogen-bond acceptors (Lipinski definition) is 3. The minimum atomic E-state index is -0.352. The Hall–Kier alpha value is -1.79. The predicted molar refractivity (Wildman–Crippen MR) is 63.5 cm³/mol. The van der Waals surface area contributed by atoms with Crippen molar-refractivity contribution < 1.29 is 4.74 Å². The van der Waals surface area contributed by atoms with Gasteiger partial charge in [-0.2, -0.15) is 4.98 Å². The number of halogens is 1. The predicted octanol–water partition coefficient (Wildman–Crippen LogP) is 2.68. The number of ether oxygens (including phenoxy) is 1. The van der Waals surface area contributed by atoms with Crippen molar-refractivity contribution in [2.75, 3.05) is 0 Å². The summed E-state index contributed by atoms with van der Waals surface area (Å²) in [7, 11) is 0. The number of aromatic nitrogens is 2. The van der Waals surface area contributed by atoms with Crippen molar-refractivity contribution >= 4 is 22.5 Å². The van der Waals surface area contributed by atoms with Crippen LogP contribution in [-0.2, 0) is 0 Å². The average molecular weight is 233 g/mol. The van der Waals surface area contributed by atoms with Gasteiger partial charge in [0.2, 0.25) is 11.2 Å². The molecule has 0 saturated carbocycles. The Bertz CT molecular complexity index is 562. The van der Waals surface area contributed by atoms with Gasteiger partial charge in [-0.15, -0.1) is 6.42 Å². The summed E-state index contributed by atoms with van der Waals surface area (Å²) in [4.78, 5) is 8.12. The van der Waals surface area contributed by atoms with Crippen molar-refractivity contribution in [3.63, 3.8) is 0 Å². The lowest BCUT2D eigenvalue weighted by atomic mass is 10.2. The maximum atomic E-state index is 5.80. The van der Waals surface area contributed by atoms with E-state index in [4.69, 9.17) is 22.8 Å². The highest BCUT2D eigenvalue weighted by Gasteiger charge is 2.09. The standard InChI is InChI=1S/C12H9ClN2O/c1-3-8(2)16-11-9-6-4-5-7-10(9)14-12(13)15-11/h1,4-8H,2H3. The van der Waals surface area contributed by atoms with Gasteiger partial charge in [-0.05, 0) is 30.7 Å². The van der Waals surface area contributed by atoms with Crippen LogP contribution in [0.1, 0.15) is 6.92 Å². The van der Waals surface area contributed by atoms with Crippen molar-refractivity contribution in [1.29, 1.82) is 0 Å². The van der Waals surface area contributed by atoms with Gasteiger partial charge in [-0.3, -0.25) is 0 Å². The molecule has 1 aromatic carbocycles. The molecular formula is C12H9ClN2O. The van der Waals surface area contributed by atoms with Crippen LogP contribution in [0.3, 0.4) is 0 Å². The average Bonchev–Trinajstić information content (AvgIpc) is 2.28. The maximum absolute atomic E-state index is 5.80. The molecule has 1 atom stereocenters. The fourth-order valence-electron chi connectivity index (χ4n) is 1.31. The molecule has 0 aliphatic rings. The highest BCUT2D eigenvalue weighted by Crippen LogP contribution is 2.24. The minimum absolute atomic E-state index is 0.151. The zero-order valence-corrected chi connectivity index (χ0v) is 9.40. The first-order valence-corrected chi connectivity index (χ1v) is 5.13. The molecule has 2 aromatic rings. The molecule has 0 N–H and O–H groups in total. The fraction of sp³-hybridized carbons (Fsp3) is 0.167. The van der Waals surface area contributed by atoms with Crippen LogP contribution in [0.2, 0.25) is 5.28 Å². The van der Waals surface area contributed by atoms with Crippen molar-refractivity contribution in [2.45, 2.75) is 13.0 Å². The summed E-state index contributed by atoms with van der Waals surface area (Å²) in [6.07, 6.45) is 4.90. The molecule has 0 amide bonds. The topological polar surface area (TPSA) is 35.0 Å². The van der Waals surface area contributed by atoms with E-state index in [1.54, 1.807) is 6.92 Å². The van der Waals surface area contributed by atoms with E-state index in [1.807, 2.05) is 24.3 Å². The van der Waals surface area contributed by atoms with E-state index in [0.717, 1.165) is 10.9 Å². The summed E-state index contributed by atoms with van der Waals surface area (Å²) in [5.41, 5.74) is 0.738. The molecule has 0 aliphatic carbocycles. The van der Waals surface area contributed by atoms with Crippen LogP contribution in [0.15, 0.2) is 24.3 Å². The number of fused-ring (bicyclic) bond motifs is 1. The second kappa shape index (κ2) is 4.38. The van der Waals surface area contributed by atoms with E-state index < -0.39 is 0 Å². The van der Waals surface area contributed by atoms with E-state index in [1.165, 1.54) is 0 Å². The Morgan fingerprint density at radius 2 is 2.12 bits per heavy atom. The summed E-state index contributed by atoms with van der Waals surface area (Å²) in [5, 5.41) is 0.951. The molecule has 0 aliphatic heterocycles. The van der Waals surface area contributed by atoms with E-state index >= 15 is 0 Å². The van der Waals surface area contributed by atoms with Crippen LogP contribution in [0.5, 0.6) is 5.88 Å². The van der Waals surface area contributed by atoms with E-state index in [-0.39, 0.29) is 11.4 Å². The van der Waals surface area contributed by atoms with Gasteiger partial charge in [0, 0.05) is 0 Å². The third-order valence-electron chi connectivity index (χ3n) is 2.06. The first-order valence-electron chi connectivity index (χ1n) is 4.76. The minimum Gasteiger partial charge on any atom is -0.461 e. The SMILES string of the molecule is C#CC(C)Oc1nc(Cl)nc2ccccc12. The first-order chi connectivity index (χ1) is 7.70. The van der Waals surface area contributed by atoms with Gasteiger partial charge in [0.05, 0.1) is 10.9 Å². The number of hydrogen-bond donors (Lipinski definition) is 0. The monoisotopic (exact) mass is 232 g/mol. The normalized spacial score (nSPS) is 12.1. The summed E-state index contributed by atoms with van der Waals surface area (Å²) >= 11 is 5.80. The zero-order chi connectivity index (χ0) is 11.5. The Morgan fingerprint density at radius 3 is 2.88 bits per heavy atom. The third kappa shape index (κ3) is 2.07. The van der Waals surface area contributed by atoms with Gasteiger partial charge in [0.15, 0.2) is 6.10 Å². The van der Waals surface area contributed by atoms with Crippen LogP contribution < -0.4 is 4.74 Å². The molecule has 0 radical (unpaired) electrons. The second-order valence-electron chi connectivity index (χ2n) is 3.24. The molecule has 80 valence electrons. The molecule has 3 nitrogen and oxygen atoms in total. The van der Waals surface area contributed by atoms with E-state index in [9.17, 15) is 0 Å². The largest absolute Gasteiger partial charge is 0.461 e. The van der Waals surface area contributed by atoms with Crippen molar-refractivity contribution in [3.05, 3.63) is 29.5 Å². The highest BCUT2D eigenvalue weighted by molar-refractivity contribution is 6.28. The molecule has 4 heteroatoms. The smallest absolute Gasteiger partial charge is 0.227 e. The highest BCUT2D eigenvalue weighted by atomic mass is 35.5. The lowest BCUT2D eigenvalue weighted by molar-refractivity contribution is 0.271. The second-order valence-corrected chi connectivity index (χ2v) is 3.58. The van der Waals surface area contributed by atoms with Gasteiger partial charge in [-0.1, -0.05) is 18.1 Å². The lowest BCUT2D eigenvalue weighted by Crippen LogP contribution is -2.10. The van der Waals surface area contributed by atoms with E-state index in [0.29, 0.717) is 5.88 Å². The Labute approximate surface area is 98.4 Å². The summed E-state index contributed by atoms with van der Waals surface area (Å²) < 4.78 is 5.49. The van der Waals surface area contributed by atoms with Crippen molar-refractivity contribution in [3.8, 4) is 18.2 Å². The quantitative estimate of drug-likeness (QED) is 0.590. The molecule has 0 fully saturated rings. The molecule has 1 unspecified atom stereocenters. The van der Waals surface area contributed by atoms with Gasteiger partial charge < -0.3 is 4.74 Å². The molecule has 1 heterocycles. The molecule has 1 aromatic heterocycles. The molecule has 16 heavy (non-hydrogen) atoms. The molecular weight excluding hydrogens is 224 g/mol. The first kappa shape index (κ1) is 10.7. The van der Waals surface area contributed by atoms with Crippen molar-refractivity contribution in [1.82, 2.24) is 9.97 Å². The van der Waals surface area contributed by atoms with Crippen molar-refractivity contribution in [2.24, 2.45) is 0 Å². The van der Waals surface area contributed by atoms with Gasteiger partial charge in [0.25, 0.3) is 0 Å². The molecule has 0 saturated heterocycles. The number of para-hydroxylation sites is 1. The van der Waals surface area contributed by atoms with Crippen LogP contribution in [0.25, 0.3) is 10.9 Å². The lowest BCUT2D eigenvalue weighted by Gasteiger charge is -2.10. The number of nitrogens with zero attached hydrogens (tertiary/aromatic N) is 2. The Kier molecular flexibility index (Phi) is 2.93. The Balaban J connectivity index is 2.55. The van der Waals surface area contributed by atoms with Crippen LogP contribution in [-0.4, -0.2) is 16.1 Å². The van der Waals surface area contributed by atoms with Crippen LogP contribution >= 0.6 is 11.6 Å². The number of benzene rings is 1. The molecule has 0 spiro atoms. The third-order valence-corrected chi connectivity index (χ3v) is 2.23. The molecule has 0 bridgehead atoms. The summed E-state index contributed by atoms with van der Waals surface area (Å²) in [5.74, 6) is 2.89. The number of terminal acetylenes is 1. The van der Waals surface area contributed by atoms with E-state index in [2.05, 4.69) is 15.9 Å². The fourth-order valence-corrected chi connectivity index (χ4v) is 1.48. The Morgan fingerprint density at radius 1 is 1.38 bits per heavy atom. The summed E-state index contributed by atoms with van der Waals surface area (Å²) in [6, 6.07) is 7.47. The van der Waals surface area contributed by atoms with Gasteiger partial charge in [0.1, 0.15) is 0 Å². The maximum Gasteiger partial charge on any atom is 0.227 e. The zero-order valence-electron chi connectivity index (χ0n) is 8.64. The van der Waals surface area contributed by atoms with Gasteiger partial charge in [-0.25, -0.2) is 4.98 Å².